The molecule has 2 rings (SSSR count). The molecule has 2 aromatic rings. The summed E-state index contributed by atoms with van der Waals surface area (Å²) in [4.78, 5) is 2.22. The molecule has 1 N–H and O–H groups in total. The smallest absolute Gasteiger partial charge is 0.142 e. The van der Waals surface area contributed by atoms with Crippen LogP contribution < -0.4 is 10.2 Å². The third-order valence-electron chi connectivity index (χ3n) is 3.49. The molecule has 0 aliphatic carbocycles. The second-order valence-electron chi connectivity index (χ2n) is 5.08. The highest BCUT2D eigenvalue weighted by molar-refractivity contribution is 5.55. The highest BCUT2D eigenvalue weighted by atomic mass is 15.3. The van der Waals surface area contributed by atoms with E-state index in [0.29, 0.717) is 5.56 Å². The van der Waals surface area contributed by atoms with Gasteiger partial charge in [0, 0.05) is 32.9 Å². The Kier molecular flexibility index (Phi) is 4.83. The lowest BCUT2D eigenvalue weighted by atomic mass is 10.2. The van der Waals surface area contributed by atoms with E-state index in [-0.39, 0.29) is 0 Å². The Bertz CT molecular complexity index is 624. The van der Waals surface area contributed by atoms with Gasteiger partial charge in [0.25, 0.3) is 0 Å². The van der Waals surface area contributed by atoms with Crippen LogP contribution in [0.1, 0.15) is 17.7 Å². The van der Waals surface area contributed by atoms with Crippen molar-refractivity contribution in [3.8, 4) is 6.07 Å². The third-order valence-corrected chi connectivity index (χ3v) is 3.49. The molecule has 5 nitrogen and oxygen atoms in total. The molecule has 21 heavy (non-hydrogen) atoms. The molecule has 0 bridgehead atoms. The molecule has 0 atom stereocenters. The Morgan fingerprint density at radius 2 is 2.05 bits per heavy atom. The molecule has 1 aromatic carbocycles. The second-order valence-corrected chi connectivity index (χ2v) is 5.08. The van der Waals surface area contributed by atoms with E-state index in [9.17, 15) is 0 Å². The van der Waals surface area contributed by atoms with Gasteiger partial charge in [0.15, 0.2) is 0 Å². The van der Waals surface area contributed by atoms with Gasteiger partial charge in [-0.1, -0.05) is 18.2 Å². The quantitative estimate of drug-likeness (QED) is 0.828. The zero-order valence-corrected chi connectivity index (χ0v) is 12.8. The Morgan fingerprint density at radius 3 is 2.71 bits per heavy atom. The lowest BCUT2D eigenvalue weighted by molar-refractivity contribution is 0.748. The maximum atomic E-state index is 9.15. The van der Waals surface area contributed by atoms with Crippen LogP contribution in [0.4, 0.5) is 11.5 Å². The van der Waals surface area contributed by atoms with E-state index in [2.05, 4.69) is 40.6 Å². The summed E-state index contributed by atoms with van der Waals surface area (Å²) in [6.45, 7) is 3.62. The number of rotatable bonds is 6. The number of aryl methyl sites for hydroxylation is 2. The number of benzene rings is 1. The van der Waals surface area contributed by atoms with E-state index in [1.54, 1.807) is 4.68 Å². The van der Waals surface area contributed by atoms with Crippen LogP contribution in [0.3, 0.4) is 0 Å². The Morgan fingerprint density at radius 1 is 1.33 bits per heavy atom. The summed E-state index contributed by atoms with van der Waals surface area (Å²) in [6.07, 6.45) is 0.987. The number of aromatic nitrogens is 2. The number of nitriles is 1. The molecular formula is C16H21N5. The molecule has 0 spiro atoms. The molecule has 5 heteroatoms. The fourth-order valence-electron chi connectivity index (χ4n) is 2.33. The molecule has 0 aliphatic rings. The molecule has 0 unspecified atom stereocenters. The van der Waals surface area contributed by atoms with Gasteiger partial charge in [-0.3, -0.25) is 4.68 Å². The first-order valence-electron chi connectivity index (χ1n) is 7.07. The highest BCUT2D eigenvalue weighted by Gasteiger charge is 2.11. The number of nitrogens with zero attached hydrogens (tertiary/aromatic N) is 4. The summed E-state index contributed by atoms with van der Waals surface area (Å²) < 4.78 is 1.73. The van der Waals surface area contributed by atoms with Crippen molar-refractivity contribution in [3.05, 3.63) is 41.6 Å². The highest BCUT2D eigenvalue weighted by Crippen LogP contribution is 2.17. The van der Waals surface area contributed by atoms with Crippen LogP contribution in [0.2, 0.25) is 0 Å². The summed E-state index contributed by atoms with van der Waals surface area (Å²) >= 11 is 0. The van der Waals surface area contributed by atoms with Crippen molar-refractivity contribution in [2.45, 2.75) is 13.3 Å². The van der Waals surface area contributed by atoms with Crippen molar-refractivity contribution in [2.75, 3.05) is 30.4 Å². The number of hydrogen-bond acceptors (Lipinski definition) is 4. The van der Waals surface area contributed by atoms with Crippen LogP contribution >= 0.6 is 0 Å². The average molecular weight is 283 g/mol. The van der Waals surface area contributed by atoms with Gasteiger partial charge in [0.05, 0.1) is 5.69 Å². The van der Waals surface area contributed by atoms with E-state index in [1.165, 1.54) is 5.69 Å². The van der Waals surface area contributed by atoms with Gasteiger partial charge in [0.2, 0.25) is 0 Å². The minimum absolute atomic E-state index is 0.633. The first-order chi connectivity index (χ1) is 10.1. The van der Waals surface area contributed by atoms with Crippen molar-refractivity contribution >= 4 is 11.5 Å². The van der Waals surface area contributed by atoms with Crippen LogP contribution in [-0.2, 0) is 7.05 Å². The molecule has 0 amide bonds. The number of para-hydroxylation sites is 1. The Labute approximate surface area is 125 Å². The Balaban J connectivity index is 1.84. The number of anilines is 2. The first kappa shape index (κ1) is 14.9. The van der Waals surface area contributed by atoms with E-state index in [0.717, 1.165) is 31.0 Å². The predicted octanol–water partition coefficient (Wildman–Crippen LogP) is 2.54. The summed E-state index contributed by atoms with van der Waals surface area (Å²) in [7, 11) is 3.94. The average Bonchev–Trinajstić information content (AvgIpc) is 2.77. The standard InChI is InChI=1S/C16H21N5/c1-13-15(12-17)16(21(3)19-13)18-10-7-11-20(2)14-8-5-4-6-9-14/h4-6,8-9,18H,7,10-11H2,1-3H3. The summed E-state index contributed by atoms with van der Waals surface area (Å²) in [6, 6.07) is 12.5. The fraction of sp³-hybridized carbons (Fsp3) is 0.375. The number of nitrogens with one attached hydrogen (secondary N) is 1. The van der Waals surface area contributed by atoms with Crippen molar-refractivity contribution < 1.29 is 0 Å². The normalized spacial score (nSPS) is 10.2. The summed E-state index contributed by atoms with van der Waals surface area (Å²) in [5, 5.41) is 16.7. The molecular weight excluding hydrogens is 262 g/mol. The van der Waals surface area contributed by atoms with Gasteiger partial charge >= 0.3 is 0 Å². The molecule has 110 valence electrons. The molecule has 0 saturated heterocycles. The van der Waals surface area contributed by atoms with Gasteiger partial charge in [-0.15, -0.1) is 0 Å². The van der Waals surface area contributed by atoms with Gasteiger partial charge in [-0.2, -0.15) is 10.4 Å². The zero-order chi connectivity index (χ0) is 15.2. The van der Waals surface area contributed by atoms with E-state index < -0.39 is 0 Å². The van der Waals surface area contributed by atoms with Crippen LogP contribution in [0.5, 0.6) is 0 Å². The fourth-order valence-corrected chi connectivity index (χ4v) is 2.33. The van der Waals surface area contributed by atoms with Crippen LogP contribution in [-0.4, -0.2) is 29.9 Å². The number of hydrogen-bond donors (Lipinski definition) is 1. The molecule has 1 aromatic heterocycles. The van der Waals surface area contributed by atoms with E-state index in [4.69, 9.17) is 5.26 Å². The minimum atomic E-state index is 0.633. The largest absolute Gasteiger partial charge is 0.375 e. The third kappa shape index (κ3) is 3.54. The summed E-state index contributed by atoms with van der Waals surface area (Å²) in [5.41, 5.74) is 2.62. The van der Waals surface area contributed by atoms with Crippen LogP contribution in [0.25, 0.3) is 0 Å². The van der Waals surface area contributed by atoms with Crippen molar-refractivity contribution in [3.63, 3.8) is 0 Å². The molecule has 0 radical (unpaired) electrons. The SMILES string of the molecule is Cc1nn(C)c(NCCCN(C)c2ccccc2)c1C#N. The maximum absolute atomic E-state index is 9.15. The van der Waals surface area contributed by atoms with Crippen molar-refractivity contribution in [1.82, 2.24) is 9.78 Å². The maximum Gasteiger partial charge on any atom is 0.142 e. The van der Waals surface area contributed by atoms with Gasteiger partial charge in [-0.05, 0) is 25.5 Å². The van der Waals surface area contributed by atoms with Crippen molar-refractivity contribution in [2.24, 2.45) is 7.05 Å². The van der Waals surface area contributed by atoms with Gasteiger partial charge in [-0.25, -0.2) is 0 Å². The van der Waals surface area contributed by atoms with Gasteiger partial charge in [0.1, 0.15) is 17.5 Å². The molecule has 0 saturated carbocycles. The molecule has 0 aliphatic heterocycles. The van der Waals surface area contributed by atoms with E-state index >= 15 is 0 Å². The van der Waals surface area contributed by atoms with Crippen LogP contribution in [0, 0.1) is 18.3 Å². The zero-order valence-electron chi connectivity index (χ0n) is 12.8. The Hall–Kier alpha value is -2.48. The molecule has 0 fully saturated rings. The lowest BCUT2D eigenvalue weighted by Gasteiger charge is -2.19. The van der Waals surface area contributed by atoms with Crippen molar-refractivity contribution in [1.29, 1.82) is 5.26 Å². The second kappa shape index (κ2) is 6.80. The predicted molar refractivity (Wildman–Crippen MR) is 85.5 cm³/mol. The molecule has 1 heterocycles. The monoisotopic (exact) mass is 283 g/mol. The van der Waals surface area contributed by atoms with Gasteiger partial charge < -0.3 is 10.2 Å². The van der Waals surface area contributed by atoms with Crippen LogP contribution in [0.15, 0.2) is 30.3 Å². The first-order valence-corrected chi connectivity index (χ1v) is 7.07. The summed E-state index contributed by atoms with van der Waals surface area (Å²) in [5.74, 6) is 0.803. The topological polar surface area (TPSA) is 56.9 Å². The minimum Gasteiger partial charge on any atom is -0.375 e. The van der Waals surface area contributed by atoms with E-state index in [1.807, 2.05) is 32.2 Å². The lowest BCUT2D eigenvalue weighted by Crippen LogP contribution is -2.21.